The van der Waals surface area contributed by atoms with Crippen molar-refractivity contribution in [1.29, 1.82) is 0 Å². The van der Waals surface area contributed by atoms with Gasteiger partial charge in [0.25, 0.3) is 0 Å². The summed E-state index contributed by atoms with van der Waals surface area (Å²) in [5.41, 5.74) is 0. The van der Waals surface area contributed by atoms with Gasteiger partial charge in [-0.2, -0.15) is 0 Å². The van der Waals surface area contributed by atoms with Gasteiger partial charge in [-0.25, -0.2) is 1.74 Å². The van der Waals surface area contributed by atoms with E-state index in [2.05, 4.69) is 15.6 Å². The van der Waals surface area contributed by atoms with Gasteiger partial charge in [-0.1, -0.05) is 78.1 Å². The molecule has 0 spiro atoms. The van der Waals surface area contributed by atoms with Crippen molar-refractivity contribution < 1.29 is 5.11 Å². The molecule has 1 radical (unpaired) electrons. The van der Waals surface area contributed by atoms with Crippen LogP contribution in [0, 0.1) is 6.92 Å². The van der Waals surface area contributed by atoms with Crippen LogP contribution in [0.3, 0.4) is 0 Å². The van der Waals surface area contributed by atoms with Gasteiger partial charge in [0.05, 0.1) is 6.10 Å². The minimum atomic E-state index is -0.158. The first-order valence-electron chi connectivity index (χ1n) is 7.66. The van der Waals surface area contributed by atoms with Crippen molar-refractivity contribution in [3.63, 3.8) is 0 Å². The zero-order chi connectivity index (χ0) is 14.8. The predicted octanol–water partition coefficient (Wildman–Crippen LogP) is 6.16. The third-order valence-electron chi connectivity index (χ3n) is 3.22. The summed E-state index contributed by atoms with van der Waals surface area (Å²) >= 11 is 4.05. The van der Waals surface area contributed by atoms with Gasteiger partial charge in [0.15, 0.2) is 0 Å². The van der Waals surface area contributed by atoms with Gasteiger partial charge >= 0.3 is 0 Å². The summed E-state index contributed by atoms with van der Waals surface area (Å²) in [6.45, 7) is 5.96. The minimum Gasteiger partial charge on any atom is -0.393 e. The average Bonchev–Trinajstić information content (AvgIpc) is 2.41. The van der Waals surface area contributed by atoms with E-state index < -0.39 is 0 Å². The first kappa shape index (κ1) is 22.7. The minimum absolute atomic E-state index is 0.158. The molecule has 0 aliphatic rings. The van der Waals surface area contributed by atoms with Crippen LogP contribution < -0.4 is 1.74 Å². The topological polar surface area (TPSA) is 32.3 Å². The van der Waals surface area contributed by atoms with Crippen LogP contribution in [0.15, 0.2) is 0 Å². The van der Waals surface area contributed by atoms with Crippen LogP contribution in [0.4, 0.5) is 0 Å². The Hall–Kier alpha value is 1.38. The third kappa shape index (κ3) is 24.7. The first-order chi connectivity index (χ1) is 9.22. The fraction of sp³-hybridized carbons (Fsp3) is 0.933. The van der Waals surface area contributed by atoms with Crippen LogP contribution in [0.5, 0.6) is 0 Å². The number of unbranched alkanes of at least 4 members (excludes halogenated alkanes) is 9. The van der Waals surface area contributed by atoms with Gasteiger partial charge in [-0.15, -0.1) is 0 Å². The van der Waals surface area contributed by atoms with Crippen LogP contribution in [0.2, 0.25) is 0 Å². The smallest absolute Gasteiger partial charge is 0.0540 e. The standard InChI is InChI=1S/C15H31O.HI2N/c1-3-5-6-7-8-9-10-11-12-13-14-15(16)4-2;1-3-2/h15-16H,2-14H2,1H3;3H. The summed E-state index contributed by atoms with van der Waals surface area (Å²) in [5, 5.41) is 9.32. The Balaban J connectivity index is 0. The second-order valence-corrected chi connectivity index (χ2v) is 8.13. The van der Waals surface area contributed by atoms with Gasteiger partial charge in [-0.05, 0) is 12.8 Å². The highest BCUT2D eigenvalue weighted by Crippen LogP contribution is 2.12. The van der Waals surface area contributed by atoms with Crippen molar-refractivity contribution in [1.82, 2.24) is 1.74 Å². The van der Waals surface area contributed by atoms with E-state index in [9.17, 15) is 5.11 Å². The fourth-order valence-electron chi connectivity index (χ4n) is 2.01. The van der Waals surface area contributed by atoms with Gasteiger partial charge in [0, 0.05) is 45.7 Å². The lowest BCUT2D eigenvalue weighted by molar-refractivity contribution is 0.163. The number of rotatable bonds is 12. The molecule has 4 heteroatoms. The van der Waals surface area contributed by atoms with Gasteiger partial charge < -0.3 is 5.11 Å². The molecule has 0 amide bonds. The maximum Gasteiger partial charge on any atom is 0.0540 e. The Kier molecular flexibility index (Phi) is 25.8. The van der Waals surface area contributed by atoms with Crippen LogP contribution >= 0.6 is 45.7 Å². The highest BCUT2D eigenvalue weighted by Gasteiger charge is 1.99. The quantitative estimate of drug-likeness (QED) is 0.193. The van der Waals surface area contributed by atoms with Crippen molar-refractivity contribution in [2.24, 2.45) is 0 Å². The zero-order valence-electron chi connectivity index (χ0n) is 12.5. The summed E-state index contributed by atoms with van der Waals surface area (Å²) in [5.74, 6) is 0. The van der Waals surface area contributed by atoms with Crippen molar-refractivity contribution in [3.8, 4) is 0 Å². The van der Waals surface area contributed by atoms with E-state index >= 15 is 0 Å². The molecule has 0 aliphatic heterocycles. The largest absolute Gasteiger partial charge is 0.393 e. The number of hydrogen-bond donors (Lipinski definition) is 2. The predicted molar refractivity (Wildman–Crippen MR) is 104 cm³/mol. The Morgan fingerprint density at radius 1 is 0.895 bits per heavy atom. The summed E-state index contributed by atoms with van der Waals surface area (Å²) in [7, 11) is 0. The SMILES string of the molecule is INI.[CH2]CC(O)CCCCCCCCCCCC. The van der Waals surface area contributed by atoms with Gasteiger partial charge in [-0.3, -0.25) is 0 Å². The molecule has 1 unspecified atom stereocenters. The van der Waals surface area contributed by atoms with E-state index in [1.165, 1.54) is 64.2 Å². The highest BCUT2D eigenvalue weighted by molar-refractivity contribution is 14.2. The van der Waals surface area contributed by atoms with E-state index in [0.717, 1.165) is 6.42 Å². The maximum atomic E-state index is 9.32. The molecule has 0 fully saturated rings. The Labute approximate surface area is 148 Å². The van der Waals surface area contributed by atoms with Crippen LogP contribution in [0.1, 0.15) is 84.0 Å². The monoisotopic (exact) mass is 496 g/mol. The molecule has 0 rings (SSSR count). The summed E-state index contributed by atoms with van der Waals surface area (Å²) in [4.78, 5) is 0. The molecule has 0 aliphatic carbocycles. The molecule has 2 N–H and O–H groups in total. The van der Waals surface area contributed by atoms with E-state index in [-0.39, 0.29) is 6.10 Å². The van der Waals surface area contributed by atoms with Gasteiger partial charge in [0.1, 0.15) is 0 Å². The molecule has 1 atom stereocenters. The Bertz CT molecular complexity index is 148. The first-order valence-corrected chi connectivity index (χ1v) is 9.82. The molecule has 0 saturated carbocycles. The molecule has 2 nitrogen and oxygen atoms in total. The molecule has 0 heterocycles. The van der Waals surface area contributed by atoms with Crippen molar-refractivity contribution in [2.45, 2.75) is 90.1 Å². The molecule has 0 saturated heterocycles. The summed E-state index contributed by atoms with van der Waals surface area (Å²) in [6, 6.07) is 0. The summed E-state index contributed by atoms with van der Waals surface area (Å²) in [6.07, 6.45) is 15.1. The molecule has 0 aromatic rings. The third-order valence-corrected chi connectivity index (χ3v) is 3.22. The molecule has 19 heavy (non-hydrogen) atoms. The number of nitrogens with one attached hydrogen (secondary N) is 1. The van der Waals surface area contributed by atoms with E-state index in [4.69, 9.17) is 0 Å². The summed E-state index contributed by atoms with van der Waals surface area (Å²) < 4.78 is 2.69. The van der Waals surface area contributed by atoms with Crippen LogP contribution in [-0.4, -0.2) is 11.2 Å². The second-order valence-electron chi connectivity index (χ2n) is 4.98. The fourth-order valence-corrected chi connectivity index (χ4v) is 2.01. The van der Waals surface area contributed by atoms with Gasteiger partial charge in [0.2, 0.25) is 0 Å². The normalized spacial score (nSPS) is 11.8. The van der Waals surface area contributed by atoms with E-state index in [0.29, 0.717) is 6.42 Å². The lowest BCUT2D eigenvalue weighted by Crippen LogP contribution is -2.03. The molecule has 117 valence electrons. The number of halogens is 2. The molecule has 0 aromatic heterocycles. The van der Waals surface area contributed by atoms with Crippen molar-refractivity contribution in [3.05, 3.63) is 6.92 Å². The molecule has 0 bridgehead atoms. The number of aliphatic hydroxyl groups is 1. The molecular weight excluding hydrogens is 464 g/mol. The average molecular weight is 496 g/mol. The maximum absolute atomic E-state index is 9.32. The zero-order valence-corrected chi connectivity index (χ0v) is 16.8. The molecular formula is C15H32I2NO. The highest BCUT2D eigenvalue weighted by atomic mass is 127. The lowest BCUT2D eigenvalue weighted by atomic mass is 10.0. The van der Waals surface area contributed by atoms with Crippen LogP contribution in [0.25, 0.3) is 0 Å². The van der Waals surface area contributed by atoms with Crippen molar-refractivity contribution in [2.75, 3.05) is 0 Å². The van der Waals surface area contributed by atoms with Crippen LogP contribution in [-0.2, 0) is 0 Å². The van der Waals surface area contributed by atoms with Crippen molar-refractivity contribution >= 4 is 45.7 Å². The Morgan fingerprint density at radius 2 is 1.26 bits per heavy atom. The Morgan fingerprint density at radius 3 is 1.63 bits per heavy atom. The number of aliphatic hydroxyl groups excluding tert-OH is 1. The lowest BCUT2D eigenvalue weighted by Gasteiger charge is -2.06. The van der Waals surface area contributed by atoms with E-state index in [1.807, 2.05) is 45.7 Å². The number of hydrogen-bond acceptors (Lipinski definition) is 2. The second kappa shape index (κ2) is 21.7. The molecule has 0 aromatic carbocycles. The van der Waals surface area contributed by atoms with E-state index in [1.54, 1.807) is 0 Å².